The first-order chi connectivity index (χ1) is 11.7. The van der Waals surface area contributed by atoms with Crippen LogP contribution in [0.5, 0.6) is 0 Å². The summed E-state index contributed by atoms with van der Waals surface area (Å²) in [5, 5.41) is 5.48. The Morgan fingerprint density at radius 1 is 1.24 bits per heavy atom. The van der Waals surface area contributed by atoms with E-state index in [0.717, 1.165) is 17.7 Å². The minimum atomic E-state index is -4.34. The molecule has 1 aromatic carbocycles. The van der Waals surface area contributed by atoms with E-state index >= 15 is 0 Å². The average molecular weight is 360 g/mol. The Morgan fingerprint density at radius 3 is 2.40 bits per heavy atom. The molecule has 0 aromatic heterocycles. The average Bonchev–Trinajstić information content (AvgIpc) is 2.93. The van der Waals surface area contributed by atoms with Crippen molar-refractivity contribution in [1.29, 1.82) is 0 Å². The fraction of sp³-hybridized carbons (Fsp3) is 0.588. The SMILES string of the molecule is CC(Cc1ccc(C(F)(F)F)cc1)NC(=O)NCCC1(C)OCCO1. The summed E-state index contributed by atoms with van der Waals surface area (Å²) >= 11 is 0. The smallest absolute Gasteiger partial charge is 0.348 e. The van der Waals surface area contributed by atoms with E-state index in [1.807, 2.05) is 6.92 Å². The molecule has 25 heavy (non-hydrogen) atoms. The van der Waals surface area contributed by atoms with Crippen LogP contribution in [-0.4, -0.2) is 37.6 Å². The Hall–Kier alpha value is -1.80. The molecule has 0 bridgehead atoms. The van der Waals surface area contributed by atoms with Crippen molar-refractivity contribution < 1.29 is 27.4 Å². The summed E-state index contributed by atoms with van der Waals surface area (Å²) in [4.78, 5) is 11.9. The third-order valence-corrected chi connectivity index (χ3v) is 3.96. The number of urea groups is 1. The van der Waals surface area contributed by atoms with Gasteiger partial charge in [-0.1, -0.05) is 12.1 Å². The van der Waals surface area contributed by atoms with Gasteiger partial charge in [0, 0.05) is 19.0 Å². The van der Waals surface area contributed by atoms with E-state index in [-0.39, 0.29) is 12.1 Å². The number of hydrogen-bond acceptors (Lipinski definition) is 3. The molecule has 0 spiro atoms. The summed E-state index contributed by atoms with van der Waals surface area (Å²) in [6.07, 6.45) is -3.37. The van der Waals surface area contributed by atoms with Gasteiger partial charge in [-0.25, -0.2) is 4.79 Å². The number of hydrogen-bond donors (Lipinski definition) is 2. The number of alkyl halides is 3. The normalized spacial score (nSPS) is 18.0. The van der Waals surface area contributed by atoms with Crippen LogP contribution in [0.15, 0.2) is 24.3 Å². The van der Waals surface area contributed by atoms with Gasteiger partial charge >= 0.3 is 12.2 Å². The van der Waals surface area contributed by atoms with Crippen molar-refractivity contribution in [3.05, 3.63) is 35.4 Å². The summed E-state index contributed by atoms with van der Waals surface area (Å²) in [6.45, 7) is 5.11. The molecule has 1 aliphatic rings. The van der Waals surface area contributed by atoms with Gasteiger partial charge in [-0.05, 0) is 38.0 Å². The van der Waals surface area contributed by atoms with E-state index in [9.17, 15) is 18.0 Å². The maximum atomic E-state index is 12.5. The minimum absolute atomic E-state index is 0.216. The fourth-order valence-electron chi connectivity index (χ4n) is 2.61. The van der Waals surface area contributed by atoms with E-state index < -0.39 is 17.5 Å². The van der Waals surface area contributed by atoms with Crippen LogP contribution in [-0.2, 0) is 22.1 Å². The lowest BCUT2D eigenvalue weighted by atomic mass is 10.1. The number of carbonyl (C=O) groups excluding carboxylic acids is 1. The Balaban J connectivity index is 1.72. The van der Waals surface area contributed by atoms with Crippen LogP contribution < -0.4 is 10.6 Å². The van der Waals surface area contributed by atoms with Crippen LogP contribution >= 0.6 is 0 Å². The molecule has 1 heterocycles. The molecule has 2 rings (SSSR count). The fourth-order valence-corrected chi connectivity index (χ4v) is 2.61. The molecule has 8 heteroatoms. The second-order valence-corrected chi connectivity index (χ2v) is 6.28. The Bertz CT molecular complexity index is 569. The van der Waals surface area contributed by atoms with Crippen molar-refractivity contribution in [3.8, 4) is 0 Å². The van der Waals surface area contributed by atoms with Crippen molar-refractivity contribution in [2.24, 2.45) is 0 Å². The Morgan fingerprint density at radius 2 is 1.84 bits per heavy atom. The predicted octanol–water partition coefficient (Wildman–Crippen LogP) is 3.09. The van der Waals surface area contributed by atoms with Crippen LogP contribution in [0.2, 0.25) is 0 Å². The van der Waals surface area contributed by atoms with Gasteiger partial charge in [0.2, 0.25) is 0 Å². The highest BCUT2D eigenvalue weighted by molar-refractivity contribution is 5.74. The second-order valence-electron chi connectivity index (χ2n) is 6.28. The molecule has 1 unspecified atom stereocenters. The van der Waals surface area contributed by atoms with Crippen molar-refractivity contribution in [1.82, 2.24) is 10.6 Å². The molecule has 2 N–H and O–H groups in total. The molecule has 1 saturated heterocycles. The largest absolute Gasteiger partial charge is 0.416 e. The minimum Gasteiger partial charge on any atom is -0.348 e. The van der Waals surface area contributed by atoms with Gasteiger partial charge in [-0.2, -0.15) is 13.2 Å². The number of ether oxygens (including phenoxy) is 2. The molecule has 2 amide bonds. The van der Waals surface area contributed by atoms with Gasteiger partial charge in [0.1, 0.15) is 0 Å². The quantitative estimate of drug-likeness (QED) is 0.820. The molecule has 0 saturated carbocycles. The lowest BCUT2D eigenvalue weighted by molar-refractivity contribution is -0.145. The lowest BCUT2D eigenvalue weighted by Crippen LogP contribution is -2.43. The Labute approximate surface area is 144 Å². The van der Waals surface area contributed by atoms with Crippen molar-refractivity contribution >= 4 is 6.03 Å². The Kier molecular flexibility index (Phi) is 6.29. The molecule has 1 aliphatic heterocycles. The summed E-state index contributed by atoms with van der Waals surface area (Å²) < 4.78 is 48.5. The predicted molar refractivity (Wildman–Crippen MR) is 86.1 cm³/mol. The second kappa shape index (κ2) is 8.05. The number of benzene rings is 1. The number of nitrogens with one attached hydrogen (secondary N) is 2. The molecule has 140 valence electrons. The molecule has 1 atom stereocenters. The highest BCUT2D eigenvalue weighted by Crippen LogP contribution is 2.29. The van der Waals surface area contributed by atoms with Gasteiger partial charge in [-0.3, -0.25) is 0 Å². The third kappa shape index (κ3) is 6.21. The zero-order valence-electron chi connectivity index (χ0n) is 14.3. The van der Waals surface area contributed by atoms with Crippen molar-refractivity contribution in [2.45, 2.75) is 44.7 Å². The first-order valence-corrected chi connectivity index (χ1v) is 8.16. The maximum absolute atomic E-state index is 12.5. The molecular weight excluding hydrogens is 337 g/mol. The summed E-state index contributed by atoms with van der Waals surface area (Å²) in [6, 6.07) is 4.39. The van der Waals surface area contributed by atoms with Crippen LogP contribution in [0.3, 0.4) is 0 Å². The molecule has 1 aromatic rings. The third-order valence-electron chi connectivity index (χ3n) is 3.96. The first kappa shape index (κ1) is 19.5. The van der Waals surface area contributed by atoms with Crippen molar-refractivity contribution in [3.63, 3.8) is 0 Å². The zero-order valence-corrected chi connectivity index (χ0v) is 14.3. The summed E-state index contributed by atoms with van der Waals surface area (Å²) in [7, 11) is 0. The first-order valence-electron chi connectivity index (χ1n) is 8.16. The maximum Gasteiger partial charge on any atom is 0.416 e. The van der Waals surface area contributed by atoms with E-state index in [1.165, 1.54) is 12.1 Å². The van der Waals surface area contributed by atoms with Crippen LogP contribution in [0.1, 0.15) is 31.4 Å². The summed E-state index contributed by atoms with van der Waals surface area (Å²) in [5.41, 5.74) is 0.0421. The van der Waals surface area contributed by atoms with Gasteiger partial charge in [0.25, 0.3) is 0 Å². The molecular formula is C17H23F3N2O3. The molecule has 0 aliphatic carbocycles. The molecule has 5 nitrogen and oxygen atoms in total. The van der Waals surface area contributed by atoms with E-state index in [0.29, 0.717) is 32.6 Å². The molecule has 0 radical (unpaired) electrons. The lowest BCUT2D eigenvalue weighted by Gasteiger charge is -2.22. The number of amides is 2. The number of rotatable bonds is 6. The van der Waals surface area contributed by atoms with Gasteiger partial charge < -0.3 is 20.1 Å². The zero-order chi connectivity index (χ0) is 18.5. The van der Waals surface area contributed by atoms with Crippen LogP contribution in [0.25, 0.3) is 0 Å². The van der Waals surface area contributed by atoms with Gasteiger partial charge in [0.15, 0.2) is 5.79 Å². The number of carbonyl (C=O) groups is 1. The van der Waals surface area contributed by atoms with Crippen LogP contribution in [0, 0.1) is 0 Å². The van der Waals surface area contributed by atoms with E-state index in [4.69, 9.17) is 9.47 Å². The molecule has 1 fully saturated rings. The van der Waals surface area contributed by atoms with E-state index in [2.05, 4.69) is 10.6 Å². The van der Waals surface area contributed by atoms with Gasteiger partial charge in [-0.15, -0.1) is 0 Å². The standard InChI is InChI=1S/C17H23F3N2O3/c1-12(11-13-3-5-14(6-4-13)17(18,19)20)22-15(23)21-8-7-16(2)24-9-10-25-16/h3-6,12H,7-11H2,1-2H3,(H2,21,22,23). The summed E-state index contributed by atoms with van der Waals surface area (Å²) in [5.74, 6) is -0.654. The number of halogens is 3. The van der Waals surface area contributed by atoms with Crippen molar-refractivity contribution in [2.75, 3.05) is 19.8 Å². The van der Waals surface area contributed by atoms with E-state index in [1.54, 1.807) is 6.92 Å². The van der Waals surface area contributed by atoms with Gasteiger partial charge in [0.05, 0.1) is 18.8 Å². The highest BCUT2D eigenvalue weighted by atomic mass is 19.4. The van der Waals surface area contributed by atoms with Crippen LogP contribution in [0.4, 0.5) is 18.0 Å². The topological polar surface area (TPSA) is 59.6 Å². The highest BCUT2D eigenvalue weighted by Gasteiger charge is 2.31. The monoisotopic (exact) mass is 360 g/mol.